The van der Waals surface area contributed by atoms with Crippen molar-refractivity contribution in [1.82, 2.24) is 4.90 Å². The third-order valence-electron chi connectivity index (χ3n) is 2.29. The fourth-order valence-electron chi connectivity index (χ4n) is 1.32. The highest BCUT2D eigenvalue weighted by molar-refractivity contribution is 6.32. The molecule has 0 bridgehead atoms. The van der Waals surface area contributed by atoms with Gasteiger partial charge in [-0.25, -0.2) is 4.79 Å². The number of carbonyl (C=O) groups is 2. The first kappa shape index (κ1) is 13.0. The van der Waals surface area contributed by atoms with Crippen molar-refractivity contribution in [3.8, 4) is 5.75 Å². The van der Waals surface area contributed by atoms with Gasteiger partial charge in [0.1, 0.15) is 5.75 Å². The normalized spacial score (nSPS) is 9.59. The quantitative estimate of drug-likeness (QED) is 0.577. The van der Waals surface area contributed by atoms with Crippen molar-refractivity contribution in [2.24, 2.45) is 0 Å². The summed E-state index contributed by atoms with van der Waals surface area (Å²) in [5, 5.41) is 0. The molecule has 0 aromatic heterocycles. The first-order chi connectivity index (χ1) is 8.08. The van der Waals surface area contributed by atoms with Crippen LogP contribution in [0.25, 0.3) is 0 Å². The molecule has 0 aliphatic carbocycles. The molecule has 1 amide bonds. The molecule has 0 spiro atoms. The molecule has 92 valence electrons. The minimum Gasteiger partial charge on any atom is -0.497 e. The van der Waals surface area contributed by atoms with Crippen molar-refractivity contribution in [3.05, 3.63) is 29.8 Å². The Morgan fingerprint density at radius 1 is 1.18 bits per heavy atom. The molecule has 1 aromatic carbocycles. The summed E-state index contributed by atoms with van der Waals surface area (Å²) < 4.78 is 9.38. The standard InChI is InChI=1S/C12H15NO4/c1-13(11(14)12(15)17-3)8-9-4-6-10(16-2)7-5-9/h4-7H,8H2,1-3H3. The van der Waals surface area contributed by atoms with E-state index in [2.05, 4.69) is 4.74 Å². The zero-order chi connectivity index (χ0) is 12.8. The van der Waals surface area contributed by atoms with Crippen molar-refractivity contribution in [2.45, 2.75) is 6.54 Å². The Morgan fingerprint density at radius 2 is 1.76 bits per heavy atom. The zero-order valence-electron chi connectivity index (χ0n) is 10.1. The molecule has 0 atom stereocenters. The third kappa shape index (κ3) is 3.48. The molecule has 5 heteroatoms. The number of nitrogens with zero attached hydrogens (tertiary/aromatic N) is 1. The summed E-state index contributed by atoms with van der Waals surface area (Å²) in [6.07, 6.45) is 0. The molecule has 0 N–H and O–H groups in total. The van der Waals surface area contributed by atoms with Gasteiger partial charge in [-0.3, -0.25) is 4.79 Å². The fraction of sp³-hybridized carbons (Fsp3) is 0.333. The Hall–Kier alpha value is -2.04. The number of likely N-dealkylation sites (N-methyl/N-ethyl adjacent to an activating group) is 1. The topological polar surface area (TPSA) is 55.8 Å². The maximum atomic E-state index is 11.4. The summed E-state index contributed by atoms with van der Waals surface area (Å²) in [7, 11) is 4.31. The van der Waals surface area contributed by atoms with Crippen LogP contribution in [0.2, 0.25) is 0 Å². The third-order valence-corrected chi connectivity index (χ3v) is 2.29. The lowest BCUT2D eigenvalue weighted by atomic mass is 10.2. The van der Waals surface area contributed by atoms with Gasteiger partial charge in [-0.1, -0.05) is 12.1 Å². The van der Waals surface area contributed by atoms with Crippen LogP contribution in [0.3, 0.4) is 0 Å². The molecule has 0 radical (unpaired) electrons. The van der Waals surface area contributed by atoms with Crippen LogP contribution in [0.4, 0.5) is 0 Å². The molecule has 0 aliphatic rings. The number of ether oxygens (including phenoxy) is 2. The van der Waals surface area contributed by atoms with Gasteiger partial charge in [-0.2, -0.15) is 0 Å². The molecule has 0 aliphatic heterocycles. The zero-order valence-corrected chi connectivity index (χ0v) is 10.1. The minimum atomic E-state index is -0.860. The first-order valence-corrected chi connectivity index (χ1v) is 5.04. The molecule has 1 rings (SSSR count). The average molecular weight is 237 g/mol. The SMILES string of the molecule is COC(=O)C(=O)N(C)Cc1ccc(OC)cc1. The molecular formula is C12H15NO4. The van der Waals surface area contributed by atoms with E-state index in [1.165, 1.54) is 12.0 Å². The number of carbonyl (C=O) groups excluding carboxylic acids is 2. The van der Waals surface area contributed by atoms with Gasteiger partial charge < -0.3 is 14.4 Å². The number of esters is 1. The Labute approximate surface area is 99.9 Å². The predicted octanol–water partition coefficient (Wildman–Crippen LogP) is 0.827. The van der Waals surface area contributed by atoms with E-state index in [1.807, 2.05) is 12.1 Å². The second-order valence-corrected chi connectivity index (χ2v) is 3.50. The maximum Gasteiger partial charge on any atom is 0.396 e. The second kappa shape index (κ2) is 5.89. The van der Waals surface area contributed by atoms with Gasteiger partial charge in [0.15, 0.2) is 0 Å². The number of amides is 1. The molecule has 0 heterocycles. The van der Waals surface area contributed by atoms with Gasteiger partial charge in [0.2, 0.25) is 0 Å². The van der Waals surface area contributed by atoms with E-state index in [-0.39, 0.29) is 0 Å². The van der Waals surface area contributed by atoms with Crippen LogP contribution < -0.4 is 4.74 Å². The van der Waals surface area contributed by atoms with Crippen LogP contribution in [0, 0.1) is 0 Å². The van der Waals surface area contributed by atoms with Gasteiger partial charge in [-0.05, 0) is 17.7 Å². The summed E-state index contributed by atoms with van der Waals surface area (Å²) in [4.78, 5) is 23.7. The predicted molar refractivity (Wildman–Crippen MR) is 61.5 cm³/mol. The van der Waals surface area contributed by atoms with E-state index in [0.717, 1.165) is 11.3 Å². The minimum absolute atomic E-state index is 0.345. The number of benzene rings is 1. The van der Waals surface area contributed by atoms with Gasteiger partial charge in [0.25, 0.3) is 0 Å². The van der Waals surface area contributed by atoms with Gasteiger partial charge >= 0.3 is 11.9 Å². The van der Waals surface area contributed by atoms with E-state index in [9.17, 15) is 9.59 Å². The molecule has 5 nitrogen and oxygen atoms in total. The van der Waals surface area contributed by atoms with Crippen molar-refractivity contribution < 1.29 is 19.1 Å². The van der Waals surface area contributed by atoms with Crippen LogP contribution in [-0.4, -0.2) is 38.0 Å². The number of hydrogen-bond acceptors (Lipinski definition) is 4. The smallest absolute Gasteiger partial charge is 0.396 e. The number of hydrogen-bond donors (Lipinski definition) is 0. The summed E-state index contributed by atoms with van der Waals surface area (Å²) in [6.45, 7) is 0.345. The second-order valence-electron chi connectivity index (χ2n) is 3.50. The van der Waals surface area contributed by atoms with Crippen LogP contribution in [0.1, 0.15) is 5.56 Å². The highest BCUT2D eigenvalue weighted by Gasteiger charge is 2.18. The summed E-state index contributed by atoms with van der Waals surface area (Å²) >= 11 is 0. The highest BCUT2D eigenvalue weighted by Crippen LogP contribution is 2.12. The molecule has 0 fully saturated rings. The summed E-state index contributed by atoms with van der Waals surface area (Å²) in [5.74, 6) is -0.778. The van der Waals surface area contributed by atoms with Crippen LogP contribution in [0.15, 0.2) is 24.3 Å². The first-order valence-electron chi connectivity index (χ1n) is 5.04. The molecule has 0 unspecified atom stereocenters. The van der Waals surface area contributed by atoms with Crippen LogP contribution in [-0.2, 0) is 20.9 Å². The Morgan fingerprint density at radius 3 is 2.24 bits per heavy atom. The van der Waals surface area contributed by atoms with E-state index in [4.69, 9.17) is 4.74 Å². The Bertz CT molecular complexity index is 399. The van der Waals surface area contributed by atoms with E-state index >= 15 is 0 Å². The average Bonchev–Trinajstić information content (AvgIpc) is 2.37. The van der Waals surface area contributed by atoms with Crippen molar-refractivity contribution in [2.75, 3.05) is 21.3 Å². The fourth-order valence-corrected chi connectivity index (χ4v) is 1.32. The molecule has 17 heavy (non-hydrogen) atoms. The summed E-state index contributed by atoms with van der Waals surface area (Å²) in [5.41, 5.74) is 0.908. The molecular weight excluding hydrogens is 222 g/mol. The van der Waals surface area contributed by atoms with Crippen LogP contribution >= 0.6 is 0 Å². The van der Waals surface area contributed by atoms with Gasteiger partial charge in [0.05, 0.1) is 14.2 Å². The molecule has 1 aromatic rings. The Kier molecular flexibility index (Phi) is 4.51. The van der Waals surface area contributed by atoms with Crippen molar-refractivity contribution in [1.29, 1.82) is 0 Å². The van der Waals surface area contributed by atoms with Gasteiger partial charge in [-0.15, -0.1) is 0 Å². The van der Waals surface area contributed by atoms with Crippen molar-refractivity contribution >= 4 is 11.9 Å². The molecule has 0 saturated heterocycles. The van der Waals surface area contributed by atoms with Gasteiger partial charge in [0, 0.05) is 13.6 Å². The van der Waals surface area contributed by atoms with Crippen LogP contribution in [0.5, 0.6) is 5.75 Å². The van der Waals surface area contributed by atoms with E-state index in [1.54, 1.807) is 26.3 Å². The maximum absolute atomic E-state index is 11.4. The lowest BCUT2D eigenvalue weighted by Crippen LogP contribution is -2.33. The lowest BCUT2D eigenvalue weighted by molar-refractivity contribution is -0.157. The molecule has 0 saturated carbocycles. The monoisotopic (exact) mass is 237 g/mol. The number of methoxy groups -OCH3 is 2. The van der Waals surface area contributed by atoms with E-state index in [0.29, 0.717) is 6.54 Å². The largest absolute Gasteiger partial charge is 0.497 e. The van der Waals surface area contributed by atoms with E-state index < -0.39 is 11.9 Å². The summed E-state index contributed by atoms with van der Waals surface area (Å²) in [6, 6.07) is 7.26. The Balaban J connectivity index is 2.64. The van der Waals surface area contributed by atoms with Crippen molar-refractivity contribution in [3.63, 3.8) is 0 Å². The lowest BCUT2D eigenvalue weighted by Gasteiger charge is -2.15. The number of rotatable bonds is 3. The highest BCUT2D eigenvalue weighted by atomic mass is 16.5.